The van der Waals surface area contributed by atoms with Crippen LogP contribution in [-0.4, -0.2) is 44.6 Å². The van der Waals surface area contributed by atoms with Crippen molar-refractivity contribution < 1.29 is 13.5 Å². The van der Waals surface area contributed by atoms with Gasteiger partial charge in [0.1, 0.15) is 0 Å². The Morgan fingerprint density at radius 3 is 2.37 bits per heavy atom. The first kappa shape index (κ1) is 22.7. The van der Waals surface area contributed by atoms with Gasteiger partial charge in [0.05, 0.1) is 4.90 Å². The second-order valence-electron chi connectivity index (χ2n) is 8.43. The number of hydrogen-bond acceptors (Lipinski definition) is 5. The van der Waals surface area contributed by atoms with Gasteiger partial charge in [-0.15, -0.1) is 0 Å². The van der Waals surface area contributed by atoms with E-state index >= 15 is 0 Å². The van der Waals surface area contributed by atoms with Crippen LogP contribution < -0.4 is 10.0 Å². The van der Waals surface area contributed by atoms with E-state index in [2.05, 4.69) is 22.0 Å². The standard InChI is InChI=1S/C23H33N3O3S/c1-16-7-5-6-8-21(16)23(27)24-22-10-9-20(15-17(22)2)30(28,29)25-18(3)19-11-13-26(4)14-12-19/h5-10,15,18-19,23-25,27H,11-14H2,1-4H3/t18-,23?/m1/s1. The lowest BCUT2D eigenvalue weighted by atomic mass is 9.91. The van der Waals surface area contributed by atoms with Gasteiger partial charge in [-0.05, 0) is 89.0 Å². The maximum Gasteiger partial charge on any atom is 0.240 e. The predicted octanol–water partition coefficient (Wildman–Crippen LogP) is 3.42. The summed E-state index contributed by atoms with van der Waals surface area (Å²) in [5.74, 6) is 0.349. The molecule has 0 aromatic heterocycles. The first-order valence-electron chi connectivity index (χ1n) is 10.5. The minimum Gasteiger partial charge on any atom is -0.369 e. The molecule has 0 saturated carbocycles. The molecule has 0 aliphatic carbocycles. The van der Waals surface area contributed by atoms with E-state index < -0.39 is 16.3 Å². The van der Waals surface area contributed by atoms with Gasteiger partial charge in [0.2, 0.25) is 10.0 Å². The van der Waals surface area contributed by atoms with Crippen molar-refractivity contribution in [2.24, 2.45) is 5.92 Å². The fourth-order valence-electron chi connectivity index (χ4n) is 4.02. The molecular formula is C23H33N3O3S. The number of aliphatic hydroxyl groups excluding tert-OH is 1. The molecule has 7 heteroatoms. The van der Waals surface area contributed by atoms with Gasteiger partial charge in [0.25, 0.3) is 0 Å². The molecule has 0 amide bonds. The molecule has 1 aliphatic heterocycles. The normalized spacial score (nSPS) is 18.2. The van der Waals surface area contributed by atoms with Crippen LogP contribution in [0.25, 0.3) is 0 Å². The van der Waals surface area contributed by atoms with Crippen LogP contribution in [0.2, 0.25) is 0 Å². The number of aliphatic hydroxyl groups is 1. The molecule has 2 atom stereocenters. The first-order chi connectivity index (χ1) is 14.2. The average Bonchev–Trinajstić information content (AvgIpc) is 2.69. The molecule has 30 heavy (non-hydrogen) atoms. The van der Waals surface area contributed by atoms with Gasteiger partial charge in [-0.1, -0.05) is 24.3 Å². The van der Waals surface area contributed by atoms with Crippen molar-refractivity contribution in [3.63, 3.8) is 0 Å². The average molecular weight is 432 g/mol. The highest BCUT2D eigenvalue weighted by Gasteiger charge is 2.26. The Labute approximate surface area is 180 Å². The molecule has 2 aromatic rings. The number of piperidine rings is 1. The minimum absolute atomic E-state index is 0.107. The summed E-state index contributed by atoms with van der Waals surface area (Å²) >= 11 is 0. The molecule has 2 aromatic carbocycles. The number of rotatable bonds is 7. The van der Waals surface area contributed by atoms with E-state index in [1.807, 2.05) is 45.0 Å². The summed E-state index contributed by atoms with van der Waals surface area (Å²) in [7, 11) is -1.51. The Morgan fingerprint density at radius 1 is 1.07 bits per heavy atom. The molecular weight excluding hydrogens is 398 g/mol. The molecule has 1 saturated heterocycles. The van der Waals surface area contributed by atoms with E-state index in [9.17, 15) is 13.5 Å². The van der Waals surface area contributed by atoms with E-state index in [0.29, 0.717) is 11.6 Å². The van der Waals surface area contributed by atoms with Gasteiger partial charge in [-0.25, -0.2) is 13.1 Å². The fourth-order valence-corrected chi connectivity index (χ4v) is 5.42. The van der Waals surface area contributed by atoms with E-state index in [-0.39, 0.29) is 10.9 Å². The highest BCUT2D eigenvalue weighted by molar-refractivity contribution is 7.89. The number of benzene rings is 2. The number of nitrogens with one attached hydrogen (secondary N) is 2. The monoisotopic (exact) mass is 431 g/mol. The van der Waals surface area contributed by atoms with Crippen molar-refractivity contribution in [3.05, 3.63) is 59.2 Å². The maximum absolute atomic E-state index is 12.9. The molecule has 1 unspecified atom stereocenters. The number of aryl methyl sites for hydroxylation is 2. The number of hydrogen-bond donors (Lipinski definition) is 3. The predicted molar refractivity (Wildman–Crippen MR) is 121 cm³/mol. The van der Waals surface area contributed by atoms with Crippen molar-refractivity contribution in [3.8, 4) is 0 Å². The third kappa shape index (κ3) is 5.40. The van der Waals surface area contributed by atoms with Gasteiger partial charge in [0, 0.05) is 17.3 Å². The first-order valence-corrected chi connectivity index (χ1v) is 12.0. The maximum atomic E-state index is 12.9. The summed E-state index contributed by atoms with van der Waals surface area (Å²) in [5, 5.41) is 13.6. The molecule has 1 aliphatic rings. The van der Waals surface area contributed by atoms with Crippen LogP contribution in [0, 0.1) is 19.8 Å². The Bertz CT molecular complexity index is 969. The van der Waals surface area contributed by atoms with Gasteiger partial charge in [-0.2, -0.15) is 0 Å². The molecule has 1 fully saturated rings. The lowest BCUT2D eigenvalue weighted by Crippen LogP contribution is -2.42. The molecule has 0 bridgehead atoms. The van der Waals surface area contributed by atoms with Crippen LogP contribution in [0.5, 0.6) is 0 Å². The van der Waals surface area contributed by atoms with Gasteiger partial charge < -0.3 is 15.3 Å². The van der Waals surface area contributed by atoms with Crippen molar-refractivity contribution in [2.45, 2.75) is 50.8 Å². The Balaban J connectivity index is 1.70. The summed E-state index contributed by atoms with van der Waals surface area (Å²) < 4.78 is 28.7. The zero-order valence-corrected chi connectivity index (χ0v) is 19.0. The highest BCUT2D eigenvalue weighted by Crippen LogP contribution is 2.26. The molecule has 3 N–H and O–H groups in total. The Kier molecular flexibility index (Phi) is 7.18. The lowest BCUT2D eigenvalue weighted by molar-refractivity contribution is 0.198. The van der Waals surface area contributed by atoms with Crippen LogP contribution in [0.4, 0.5) is 5.69 Å². The van der Waals surface area contributed by atoms with Crippen molar-refractivity contribution >= 4 is 15.7 Å². The number of anilines is 1. The summed E-state index contributed by atoms with van der Waals surface area (Å²) in [6.07, 6.45) is 1.13. The lowest BCUT2D eigenvalue weighted by Gasteiger charge is -2.32. The van der Waals surface area contributed by atoms with Crippen molar-refractivity contribution in [1.82, 2.24) is 9.62 Å². The molecule has 3 rings (SSSR count). The second kappa shape index (κ2) is 9.47. The molecule has 1 heterocycles. The van der Waals surface area contributed by atoms with Crippen molar-refractivity contribution in [1.29, 1.82) is 0 Å². The highest BCUT2D eigenvalue weighted by atomic mass is 32.2. The number of nitrogens with zero attached hydrogens (tertiary/aromatic N) is 1. The van der Waals surface area contributed by atoms with Crippen LogP contribution in [-0.2, 0) is 10.0 Å². The minimum atomic E-state index is -3.60. The smallest absolute Gasteiger partial charge is 0.240 e. The zero-order chi connectivity index (χ0) is 21.9. The van der Waals surface area contributed by atoms with Crippen molar-refractivity contribution in [2.75, 3.05) is 25.5 Å². The Morgan fingerprint density at radius 2 is 1.73 bits per heavy atom. The molecule has 0 spiro atoms. The van der Waals surface area contributed by atoms with Crippen LogP contribution in [0.1, 0.15) is 42.7 Å². The molecule has 164 valence electrons. The van der Waals surface area contributed by atoms with Crippen LogP contribution in [0.3, 0.4) is 0 Å². The summed E-state index contributed by atoms with van der Waals surface area (Å²) in [4.78, 5) is 2.52. The molecule has 6 nitrogen and oxygen atoms in total. The zero-order valence-electron chi connectivity index (χ0n) is 18.2. The summed E-state index contributed by atoms with van der Waals surface area (Å²) in [6, 6.07) is 12.5. The SMILES string of the molecule is Cc1cc(S(=O)(=O)N[C@H](C)C2CCN(C)CC2)ccc1NC(O)c1ccccc1C. The van der Waals surface area contributed by atoms with Gasteiger partial charge in [-0.3, -0.25) is 0 Å². The van der Waals surface area contributed by atoms with E-state index in [1.165, 1.54) is 0 Å². The molecule has 0 radical (unpaired) electrons. The van der Waals surface area contributed by atoms with E-state index in [0.717, 1.165) is 42.6 Å². The third-order valence-electron chi connectivity index (χ3n) is 6.09. The van der Waals surface area contributed by atoms with E-state index in [4.69, 9.17) is 0 Å². The van der Waals surface area contributed by atoms with E-state index in [1.54, 1.807) is 18.2 Å². The third-order valence-corrected chi connectivity index (χ3v) is 7.65. The van der Waals surface area contributed by atoms with Crippen LogP contribution >= 0.6 is 0 Å². The Hall–Kier alpha value is -1.93. The number of likely N-dealkylation sites (tertiary alicyclic amines) is 1. The second-order valence-corrected chi connectivity index (χ2v) is 10.1. The number of sulfonamides is 1. The summed E-state index contributed by atoms with van der Waals surface area (Å²) in [5.41, 5.74) is 3.24. The van der Waals surface area contributed by atoms with Gasteiger partial charge >= 0.3 is 0 Å². The van der Waals surface area contributed by atoms with Crippen LogP contribution in [0.15, 0.2) is 47.4 Å². The topological polar surface area (TPSA) is 81.7 Å². The van der Waals surface area contributed by atoms with Gasteiger partial charge in [0.15, 0.2) is 6.23 Å². The quantitative estimate of drug-likeness (QED) is 0.585. The largest absolute Gasteiger partial charge is 0.369 e. The summed E-state index contributed by atoms with van der Waals surface area (Å²) in [6.45, 7) is 7.74. The fraction of sp³-hybridized carbons (Fsp3) is 0.478.